The van der Waals surface area contributed by atoms with E-state index in [4.69, 9.17) is 5.11 Å². The summed E-state index contributed by atoms with van der Waals surface area (Å²) in [5, 5.41) is 12.0. The highest BCUT2D eigenvalue weighted by atomic mass is 79.9. The third kappa shape index (κ3) is 5.04. The fourth-order valence-electron chi connectivity index (χ4n) is 2.37. The van der Waals surface area contributed by atoms with Crippen molar-refractivity contribution in [1.82, 2.24) is 5.32 Å². The van der Waals surface area contributed by atoms with Crippen molar-refractivity contribution in [2.24, 2.45) is 5.92 Å². The smallest absolute Gasteiger partial charge is 0.305 e. The molecule has 0 radical (unpaired) electrons. The summed E-state index contributed by atoms with van der Waals surface area (Å²) in [6.07, 6.45) is 1.64. The maximum absolute atomic E-state index is 12.3. The number of benzene rings is 1. The number of aliphatic carboxylic acids is 1. The predicted octanol–water partition coefficient (Wildman–Crippen LogP) is 3.22. The van der Waals surface area contributed by atoms with Crippen LogP contribution in [0.5, 0.6) is 0 Å². The fourth-order valence-corrected chi connectivity index (χ4v) is 3.74. The molecule has 2 N–H and O–H groups in total. The number of amides is 1. The molecule has 4 nitrogen and oxygen atoms in total. The van der Waals surface area contributed by atoms with Crippen LogP contribution in [0.3, 0.4) is 0 Å². The molecule has 1 saturated heterocycles. The Balaban J connectivity index is 2.06. The summed E-state index contributed by atoms with van der Waals surface area (Å²) >= 11 is 5.22. The lowest BCUT2D eigenvalue weighted by Crippen LogP contribution is -2.36. The quantitative estimate of drug-likeness (QED) is 0.833. The van der Waals surface area contributed by atoms with E-state index in [0.29, 0.717) is 0 Å². The van der Waals surface area contributed by atoms with Gasteiger partial charge in [0.05, 0.1) is 12.5 Å². The lowest BCUT2D eigenvalue weighted by Gasteiger charge is -2.24. The maximum atomic E-state index is 12.3. The molecule has 1 unspecified atom stereocenters. The highest BCUT2D eigenvalue weighted by molar-refractivity contribution is 9.10. The molecule has 1 aliphatic rings. The van der Waals surface area contributed by atoms with Gasteiger partial charge in [0.15, 0.2) is 0 Å². The van der Waals surface area contributed by atoms with E-state index in [2.05, 4.69) is 21.2 Å². The SMILES string of the molecule is O=C(O)CC(NC(=O)C1CCSCC1)c1ccc(Br)cc1. The number of carbonyl (C=O) groups excluding carboxylic acids is 1. The van der Waals surface area contributed by atoms with Crippen LogP contribution in [0.25, 0.3) is 0 Å². The first-order chi connectivity index (χ1) is 10.1. The molecule has 21 heavy (non-hydrogen) atoms. The number of thioether (sulfide) groups is 1. The molecule has 1 aromatic rings. The summed E-state index contributed by atoms with van der Waals surface area (Å²) in [5.74, 6) is 1.07. The molecule has 0 aromatic heterocycles. The van der Waals surface area contributed by atoms with Crippen LogP contribution in [0.1, 0.15) is 30.9 Å². The number of rotatable bonds is 5. The summed E-state index contributed by atoms with van der Waals surface area (Å²) < 4.78 is 0.927. The second kappa shape index (κ2) is 7.84. The van der Waals surface area contributed by atoms with E-state index in [1.54, 1.807) is 0 Å². The summed E-state index contributed by atoms with van der Waals surface area (Å²) in [4.78, 5) is 23.4. The molecule has 114 valence electrons. The van der Waals surface area contributed by atoms with E-state index in [1.807, 2.05) is 36.0 Å². The van der Waals surface area contributed by atoms with Crippen molar-refractivity contribution in [3.8, 4) is 0 Å². The Morgan fingerprint density at radius 2 is 1.90 bits per heavy atom. The van der Waals surface area contributed by atoms with E-state index in [9.17, 15) is 9.59 Å². The third-order valence-corrected chi connectivity index (χ3v) is 5.14. The zero-order valence-electron chi connectivity index (χ0n) is 11.5. The van der Waals surface area contributed by atoms with Crippen LogP contribution >= 0.6 is 27.7 Å². The van der Waals surface area contributed by atoms with E-state index >= 15 is 0 Å². The standard InChI is InChI=1S/C15H18BrNO3S/c16-12-3-1-10(2-4-12)13(9-14(18)19)17-15(20)11-5-7-21-8-6-11/h1-4,11,13H,5-9H2,(H,17,20)(H,18,19). The molecule has 0 spiro atoms. The van der Waals surface area contributed by atoms with Gasteiger partial charge in [-0.3, -0.25) is 9.59 Å². The molecule has 1 atom stereocenters. The van der Waals surface area contributed by atoms with Gasteiger partial charge < -0.3 is 10.4 Å². The zero-order chi connectivity index (χ0) is 15.2. The molecule has 0 bridgehead atoms. The predicted molar refractivity (Wildman–Crippen MR) is 87.3 cm³/mol. The van der Waals surface area contributed by atoms with Crippen LogP contribution in [0.2, 0.25) is 0 Å². The minimum absolute atomic E-state index is 0.0120. The van der Waals surface area contributed by atoms with Gasteiger partial charge in [-0.25, -0.2) is 0 Å². The number of halogens is 1. The van der Waals surface area contributed by atoms with Crippen molar-refractivity contribution in [2.45, 2.75) is 25.3 Å². The van der Waals surface area contributed by atoms with E-state index in [0.717, 1.165) is 34.4 Å². The maximum Gasteiger partial charge on any atom is 0.305 e. The van der Waals surface area contributed by atoms with Gasteiger partial charge in [0.2, 0.25) is 5.91 Å². The minimum atomic E-state index is -0.914. The van der Waals surface area contributed by atoms with Crippen molar-refractivity contribution in [3.63, 3.8) is 0 Å². The average molecular weight is 372 g/mol. The van der Waals surface area contributed by atoms with E-state index < -0.39 is 12.0 Å². The number of nitrogens with one attached hydrogen (secondary N) is 1. The lowest BCUT2D eigenvalue weighted by molar-refractivity contribution is -0.138. The van der Waals surface area contributed by atoms with Crippen molar-refractivity contribution in [2.75, 3.05) is 11.5 Å². The first-order valence-corrected chi connectivity index (χ1v) is 8.86. The summed E-state index contributed by atoms with van der Waals surface area (Å²) in [6, 6.07) is 6.92. The molecule has 1 heterocycles. The van der Waals surface area contributed by atoms with Crippen LogP contribution < -0.4 is 5.32 Å². The van der Waals surface area contributed by atoms with Gasteiger partial charge in [0, 0.05) is 10.4 Å². The Hall–Kier alpha value is -1.01. The molecule has 1 aliphatic heterocycles. The Morgan fingerprint density at radius 1 is 1.29 bits per heavy atom. The van der Waals surface area contributed by atoms with Crippen LogP contribution in [-0.2, 0) is 9.59 Å². The zero-order valence-corrected chi connectivity index (χ0v) is 14.0. The van der Waals surface area contributed by atoms with Gasteiger partial charge in [0.25, 0.3) is 0 Å². The Labute approximate surface area is 136 Å². The highest BCUT2D eigenvalue weighted by Crippen LogP contribution is 2.25. The Morgan fingerprint density at radius 3 is 2.48 bits per heavy atom. The van der Waals surface area contributed by atoms with Crippen molar-refractivity contribution in [3.05, 3.63) is 34.3 Å². The average Bonchev–Trinajstić information content (AvgIpc) is 2.48. The molecule has 1 fully saturated rings. The molecule has 1 aromatic carbocycles. The second-order valence-electron chi connectivity index (χ2n) is 5.10. The van der Waals surface area contributed by atoms with Crippen molar-refractivity contribution < 1.29 is 14.7 Å². The van der Waals surface area contributed by atoms with Crippen LogP contribution in [0.4, 0.5) is 0 Å². The van der Waals surface area contributed by atoms with Gasteiger partial charge in [-0.1, -0.05) is 28.1 Å². The number of carboxylic acid groups (broad SMARTS) is 1. The molecular formula is C15H18BrNO3S. The summed E-state index contributed by atoms with van der Waals surface area (Å²) in [7, 11) is 0. The molecule has 1 amide bonds. The fraction of sp³-hybridized carbons (Fsp3) is 0.467. The number of carboxylic acids is 1. The van der Waals surface area contributed by atoms with Crippen molar-refractivity contribution >= 4 is 39.6 Å². The summed E-state index contributed by atoms with van der Waals surface area (Å²) in [5.41, 5.74) is 0.819. The van der Waals surface area contributed by atoms with Gasteiger partial charge in [0.1, 0.15) is 0 Å². The molecule has 0 aliphatic carbocycles. The largest absolute Gasteiger partial charge is 0.481 e. The Kier molecular flexibility index (Phi) is 6.11. The first kappa shape index (κ1) is 16.4. The third-order valence-electron chi connectivity index (χ3n) is 3.56. The normalized spacial score (nSPS) is 17.2. The van der Waals surface area contributed by atoms with Gasteiger partial charge in [-0.2, -0.15) is 11.8 Å². The minimum Gasteiger partial charge on any atom is -0.481 e. The molecule has 6 heteroatoms. The van der Waals surface area contributed by atoms with Gasteiger partial charge >= 0.3 is 5.97 Å². The van der Waals surface area contributed by atoms with Gasteiger partial charge in [-0.15, -0.1) is 0 Å². The van der Waals surface area contributed by atoms with E-state index in [-0.39, 0.29) is 18.2 Å². The second-order valence-corrected chi connectivity index (χ2v) is 7.24. The number of hydrogen-bond donors (Lipinski definition) is 2. The lowest BCUT2D eigenvalue weighted by atomic mass is 9.99. The molecule has 0 saturated carbocycles. The first-order valence-electron chi connectivity index (χ1n) is 6.91. The number of carbonyl (C=O) groups is 2. The van der Waals surface area contributed by atoms with Gasteiger partial charge in [-0.05, 0) is 42.0 Å². The highest BCUT2D eigenvalue weighted by Gasteiger charge is 2.25. The van der Waals surface area contributed by atoms with Crippen LogP contribution in [0, 0.1) is 5.92 Å². The summed E-state index contributed by atoms with van der Waals surface area (Å²) in [6.45, 7) is 0. The van der Waals surface area contributed by atoms with Crippen LogP contribution in [-0.4, -0.2) is 28.5 Å². The van der Waals surface area contributed by atoms with Crippen molar-refractivity contribution in [1.29, 1.82) is 0 Å². The monoisotopic (exact) mass is 371 g/mol. The Bertz CT molecular complexity index is 500. The topological polar surface area (TPSA) is 66.4 Å². The molecular weight excluding hydrogens is 354 g/mol. The van der Waals surface area contributed by atoms with E-state index in [1.165, 1.54) is 0 Å². The van der Waals surface area contributed by atoms with Crippen LogP contribution in [0.15, 0.2) is 28.7 Å². The molecule has 2 rings (SSSR count). The number of hydrogen-bond acceptors (Lipinski definition) is 3.